The zero-order valence-corrected chi connectivity index (χ0v) is 12.3. The van der Waals surface area contributed by atoms with Gasteiger partial charge in [-0.15, -0.1) is 0 Å². The Morgan fingerprint density at radius 3 is 2.37 bits per heavy atom. The summed E-state index contributed by atoms with van der Waals surface area (Å²) in [5.74, 6) is 1.06. The van der Waals surface area contributed by atoms with Gasteiger partial charge < -0.3 is 9.47 Å². The minimum absolute atomic E-state index is 0.0503. The second kappa shape index (κ2) is 5.57. The Kier molecular flexibility index (Phi) is 4.05. The summed E-state index contributed by atoms with van der Waals surface area (Å²) in [6.45, 7) is 5.28. The second-order valence-electron chi connectivity index (χ2n) is 5.33. The minimum atomic E-state index is -0.0503. The van der Waals surface area contributed by atoms with E-state index in [9.17, 15) is 0 Å². The molecule has 0 saturated carbocycles. The molecule has 0 aliphatic carbocycles. The predicted octanol–water partition coefficient (Wildman–Crippen LogP) is 2.91. The van der Waals surface area contributed by atoms with Crippen LogP contribution in [0.2, 0.25) is 0 Å². The number of rotatable bonds is 5. The van der Waals surface area contributed by atoms with Gasteiger partial charge >= 0.3 is 0 Å². The summed E-state index contributed by atoms with van der Waals surface area (Å²) < 4.78 is 2.31. The first-order valence-corrected chi connectivity index (χ1v) is 6.81. The largest absolute Gasteiger partial charge is 0.324 e. The number of hydrogen-bond acceptors (Lipinski definition) is 2. The van der Waals surface area contributed by atoms with Crippen LogP contribution in [-0.2, 0) is 5.54 Å². The van der Waals surface area contributed by atoms with Gasteiger partial charge in [0.05, 0.1) is 5.54 Å². The fourth-order valence-corrected chi connectivity index (χ4v) is 2.89. The molecule has 1 atom stereocenters. The number of benzene rings is 1. The van der Waals surface area contributed by atoms with Crippen molar-refractivity contribution >= 4 is 0 Å². The van der Waals surface area contributed by atoms with E-state index in [1.54, 1.807) is 0 Å². The Balaban J connectivity index is 2.58. The van der Waals surface area contributed by atoms with Crippen molar-refractivity contribution < 1.29 is 0 Å². The average molecular weight is 257 g/mol. The van der Waals surface area contributed by atoms with Gasteiger partial charge in [0.25, 0.3) is 0 Å². The van der Waals surface area contributed by atoms with Crippen molar-refractivity contribution in [3.8, 4) is 0 Å². The Labute approximate surface area is 115 Å². The van der Waals surface area contributed by atoms with Gasteiger partial charge in [0.1, 0.15) is 5.82 Å². The molecule has 3 heteroatoms. The van der Waals surface area contributed by atoms with Crippen LogP contribution in [0.1, 0.15) is 24.7 Å². The van der Waals surface area contributed by atoms with Gasteiger partial charge in [-0.25, -0.2) is 4.98 Å². The second-order valence-corrected chi connectivity index (χ2v) is 5.33. The summed E-state index contributed by atoms with van der Waals surface area (Å²) in [5, 5.41) is 0. The Hall–Kier alpha value is -1.61. The van der Waals surface area contributed by atoms with Crippen LogP contribution < -0.4 is 0 Å². The molecule has 0 N–H and O–H groups in total. The van der Waals surface area contributed by atoms with Crippen molar-refractivity contribution in [1.82, 2.24) is 14.5 Å². The highest BCUT2D eigenvalue weighted by Crippen LogP contribution is 2.31. The molecule has 2 aromatic rings. The molecule has 102 valence electrons. The lowest BCUT2D eigenvalue weighted by Gasteiger charge is -2.38. The molecule has 0 saturated heterocycles. The van der Waals surface area contributed by atoms with Crippen molar-refractivity contribution in [3.05, 3.63) is 54.1 Å². The monoisotopic (exact) mass is 257 g/mol. The molecule has 19 heavy (non-hydrogen) atoms. The molecular formula is C16H23N3. The smallest absolute Gasteiger partial charge is 0.106 e. The predicted molar refractivity (Wildman–Crippen MR) is 79.3 cm³/mol. The van der Waals surface area contributed by atoms with Gasteiger partial charge in [0.2, 0.25) is 0 Å². The highest BCUT2D eigenvalue weighted by atomic mass is 15.2. The van der Waals surface area contributed by atoms with Crippen LogP contribution in [0.25, 0.3) is 0 Å². The first-order chi connectivity index (χ1) is 9.10. The van der Waals surface area contributed by atoms with E-state index in [0.29, 0.717) is 0 Å². The van der Waals surface area contributed by atoms with Crippen molar-refractivity contribution in [2.24, 2.45) is 0 Å². The normalized spacial score (nSPS) is 14.6. The van der Waals surface area contributed by atoms with Crippen LogP contribution in [0.15, 0.2) is 42.7 Å². The fourth-order valence-electron chi connectivity index (χ4n) is 2.89. The van der Waals surface area contributed by atoms with Gasteiger partial charge in [-0.1, -0.05) is 37.3 Å². The molecule has 2 rings (SSSR count). The quantitative estimate of drug-likeness (QED) is 0.821. The third-order valence-corrected chi connectivity index (χ3v) is 3.76. The maximum atomic E-state index is 4.41. The Bertz CT molecular complexity index is 516. The molecule has 0 aliphatic rings. The fraction of sp³-hybridized carbons (Fsp3) is 0.438. The number of aryl methyl sites for hydroxylation is 1. The molecule has 0 amide bonds. The lowest BCUT2D eigenvalue weighted by Crippen LogP contribution is -2.43. The van der Waals surface area contributed by atoms with Crippen molar-refractivity contribution in [2.45, 2.75) is 25.8 Å². The number of imidazole rings is 1. The highest BCUT2D eigenvalue weighted by Gasteiger charge is 2.33. The van der Waals surface area contributed by atoms with E-state index in [-0.39, 0.29) is 5.54 Å². The molecule has 0 bridgehead atoms. The van der Waals surface area contributed by atoms with Gasteiger partial charge in [-0.2, -0.15) is 0 Å². The molecular weight excluding hydrogens is 234 g/mol. The third-order valence-electron chi connectivity index (χ3n) is 3.76. The van der Waals surface area contributed by atoms with E-state index in [2.05, 4.69) is 78.9 Å². The van der Waals surface area contributed by atoms with Crippen molar-refractivity contribution in [2.75, 3.05) is 20.6 Å². The SMILES string of the molecule is CCC(CN(C)C)(c1ccccc1)n1ccnc1C. The summed E-state index contributed by atoms with van der Waals surface area (Å²) in [4.78, 5) is 6.65. The third kappa shape index (κ3) is 2.56. The molecule has 1 aromatic carbocycles. The molecule has 0 spiro atoms. The number of hydrogen-bond donors (Lipinski definition) is 0. The molecule has 1 heterocycles. The number of likely N-dealkylation sites (N-methyl/N-ethyl adjacent to an activating group) is 1. The van der Waals surface area contributed by atoms with Crippen LogP contribution in [-0.4, -0.2) is 35.1 Å². The van der Waals surface area contributed by atoms with Crippen LogP contribution in [0.4, 0.5) is 0 Å². The van der Waals surface area contributed by atoms with Crippen LogP contribution >= 0.6 is 0 Å². The van der Waals surface area contributed by atoms with Crippen molar-refractivity contribution in [1.29, 1.82) is 0 Å². The summed E-state index contributed by atoms with van der Waals surface area (Å²) in [7, 11) is 4.25. The molecule has 0 radical (unpaired) electrons. The van der Waals surface area contributed by atoms with Gasteiger partial charge in [-0.05, 0) is 33.0 Å². The van der Waals surface area contributed by atoms with E-state index in [4.69, 9.17) is 0 Å². The summed E-state index contributed by atoms with van der Waals surface area (Å²) >= 11 is 0. The lowest BCUT2D eigenvalue weighted by atomic mass is 9.86. The van der Waals surface area contributed by atoms with Crippen molar-refractivity contribution in [3.63, 3.8) is 0 Å². The summed E-state index contributed by atoms with van der Waals surface area (Å²) in [6, 6.07) is 10.7. The highest BCUT2D eigenvalue weighted by molar-refractivity contribution is 5.27. The summed E-state index contributed by atoms with van der Waals surface area (Å²) in [5.41, 5.74) is 1.29. The average Bonchev–Trinajstić information content (AvgIpc) is 2.83. The Morgan fingerprint density at radius 1 is 1.21 bits per heavy atom. The Morgan fingerprint density at radius 2 is 1.89 bits per heavy atom. The van der Waals surface area contributed by atoms with Crippen LogP contribution in [0, 0.1) is 6.92 Å². The van der Waals surface area contributed by atoms with E-state index in [1.165, 1.54) is 5.56 Å². The molecule has 0 fully saturated rings. The van der Waals surface area contributed by atoms with E-state index < -0.39 is 0 Å². The molecule has 0 aliphatic heterocycles. The van der Waals surface area contributed by atoms with Gasteiger partial charge in [-0.3, -0.25) is 0 Å². The van der Waals surface area contributed by atoms with Crippen LogP contribution in [0.3, 0.4) is 0 Å². The van der Waals surface area contributed by atoms with E-state index in [0.717, 1.165) is 18.8 Å². The zero-order valence-electron chi connectivity index (χ0n) is 12.3. The van der Waals surface area contributed by atoms with E-state index in [1.807, 2.05) is 6.20 Å². The summed E-state index contributed by atoms with van der Waals surface area (Å²) in [6.07, 6.45) is 5.01. The minimum Gasteiger partial charge on any atom is -0.324 e. The van der Waals surface area contributed by atoms with Crippen LogP contribution in [0.5, 0.6) is 0 Å². The van der Waals surface area contributed by atoms with E-state index >= 15 is 0 Å². The number of nitrogens with zero attached hydrogens (tertiary/aromatic N) is 3. The zero-order chi connectivity index (χ0) is 13.9. The lowest BCUT2D eigenvalue weighted by molar-refractivity contribution is 0.232. The molecule has 1 aromatic heterocycles. The standard InChI is InChI=1S/C16H23N3/c1-5-16(13-18(3)4,15-9-7-6-8-10-15)19-12-11-17-14(19)2/h6-12H,5,13H2,1-4H3. The maximum Gasteiger partial charge on any atom is 0.106 e. The van der Waals surface area contributed by atoms with Gasteiger partial charge in [0.15, 0.2) is 0 Å². The molecule has 3 nitrogen and oxygen atoms in total. The van der Waals surface area contributed by atoms with Gasteiger partial charge in [0, 0.05) is 18.9 Å². The number of aromatic nitrogens is 2. The first-order valence-electron chi connectivity index (χ1n) is 6.81. The first kappa shape index (κ1) is 13.8. The topological polar surface area (TPSA) is 21.1 Å². The maximum absolute atomic E-state index is 4.41. The molecule has 1 unspecified atom stereocenters.